The number of rotatable bonds is 3. The highest BCUT2D eigenvalue weighted by molar-refractivity contribution is 5.64. The molecule has 1 aromatic carbocycles. The first-order chi connectivity index (χ1) is 9.72. The summed E-state index contributed by atoms with van der Waals surface area (Å²) in [5, 5.41) is 10.4. The average molecular weight is 272 g/mol. The van der Waals surface area contributed by atoms with Crippen LogP contribution >= 0.6 is 0 Å². The molecule has 0 atom stereocenters. The van der Waals surface area contributed by atoms with Crippen molar-refractivity contribution in [3.05, 3.63) is 40.8 Å². The highest BCUT2D eigenvalue weighted by Crippen LogP contribution is 2.31. The van der Waals surface area contributed by atoms with Gasteiger partial charge in [-0.3, -0.25) is 0 Å². The molecule has 2 heterocycles. The predicted molar refractivity (Wildman–Crippen MR) is 72.1 cm³/mol. The van der Waals surface area contributed by atoms with Crippen LogP contribution in [0, 0.1) is 0 Å². The summed E-state index contributed by atoms with van der Waals surface area (Å²) in [6, 6.07) is 8.95. The van der Waals surface area contributed by atoms with E-state index >= 15 is 0 Å². The number of nitrogens with one attached hydrogen (secondary N) is 1. The molecule has 0 amide bonds. The Bertz CT molecular complexity index is 822. The van der Waals surface area contributed by atoms with Crippen LogP contribution in [-0.2, 0) is 0 Å². The molecule has 7 heteroatoms. The topological polar surface area (TPSA) is 81.5 Å². The molecule has 0 saturated heterocycles. The molecular formula is C13H12N4O3. The Morgan fingerprint density at radius 2 is 1.90 bits per heavy atom. The molecule has 0 saturated carbocycles. The van der Waals surface area contributed by atoms with Crippen LogP contribution in [0.15, 0.2) is 35.1 Å². The molecule has 0 aliphatic carbocycles. The summed E-state index contributed by atoms with van der Waals surface area (Å²) in [5.41, 5.74) is 1.56. The van der Waals surface area contributed by atoms with Crippen molar-refractivity contribution in [2.45, 2.75) is 0 Å². The number of fused-ring (bicyclic) bond motifs is 1. The quantitative estimate of drug-likeness (QED) is 0.772. The highest BCUT2D eigenvalue weighted by atomic mass is 16.5. The minimum atomic E-state index is -0.373. The van der Waals surface area contributed by atoms with Crippen LogP contribution in [-0.4, -0.2) is 34.0 Å². The lowest BCUT2D eigenvalue weighted by Crippen LogP contribution is -2.12. The Morgan fingerprint density at radius 3 is 2.65 bits per heavy atom. The van der Waals surface area contributed by atoms with Crippen molar-refractivity contribution in [3.63, 3.8) is 0 Å². The number of benzene rings is 1. The highest BCUT2D eigenvalue weighted by Gasteiger charge is 2.09. The van der Waals surface area contributed by atoms with Gasteiger partial charge in [-0.15, -0.1) is 0 Å². The van der Waals surface area contributed by atoms with Crippen molar-refractivity contribution in [1.29, 1.82) is 0 Å². The third kappa shape index (κ3) is 1.89. The number of nitrogens with zero attached hydrogens (tertiary/aromatic N) is 3. The fourth-order valence-electron chi connectivity index (χ4n) is 1.95. The number of H-pyrrole nitrogens is 1. The van der Waals surface area contributed by atoms with Gasteiger partial charge in [-0.2, -0.15) is 14.7 Å². The number of aromatic nitrogens is 4. The van der Waals surface area contributed by atoms with Gasteiger partial charge in [0.1, 0.15) is 0 Å². The van der Waals surface area contributed by atoms with Crippen molar-refractivity contribution < 1.29 is 9.47 Å². The molecule has 3 aromatic rings. The van der Waals surface area contributed by atoms with Gasteiger partial charge in [0.25, 0.3) is 0 Å². The zero-order valence-corrected chi connectivity index (χ0v) is 11.0. The van der Waals surface area contributed by atoms with Crippen LogP contribution in [0.3, 0.4) is 0 Å². The van der Waals surface area contributed by atoms with Crippen LogP contribution in [0.25, 0.3) is 16.9 Å². The largest absolute Gasteiger partial charge is 0.493 e. The molecule has 20 heavy (non-hydrogen) atoms. The first-order valence-corrected chi connectivity index (χ1v) is 5.90. The van der Waals surface area contributed by atoms with Crippen molar-refractivity contribution in [2.24, 2.45) is 0 Å². The summed E-state index contributed by atoms with van der Waals surface area (Å²) >= 11 is 0. The van der Waals surface area contributed by atoms with E-state index in [0.29, 0.717) is 22.8 Å². The van der Waals surface area contributed by atoms with E-state index < -0.39 is 0 Å². The molecule has 0 bridgehead atoms. The zero-order valence-electron chi connectivity index (χ0n) is 11.0. The van der Waals surface area contributed by atoms with E-state index in [1.807, 2.05) is 6.07 Å². The summed E-state index contributed by atoms with van der Waals surface area (Å²) in [6.45, 7) is 0. The average Bonchev–Trinajstić information content (AvgIpc) is 2.87. The molecular weight excluding hydrogens is 260 g/mol. The van der Waals surface area contributed by atoms with E-state index in [9.17, 15) is 4.79 Å². The van der Waals surface area contributed by atoms with E-state index in [-0.39, 0.29) is 5.69 Å². The molecule has 0 fully saturated rings. The maximum atomic E-state index is 11.5. The molecule has 7 nitrogen and oxygen atoms in total. The molecule has 102 valence electrons. The summed E-state index contributed by atoms with van der Waals surface area (Å²) in [5.74, 6) is 1.24. The lowest BCUT2D eigenvalue weighted by molar-refractivity contribution is 0.355. The minimum Gasteiger partial charge on any atom is -0.493 e. The molecule has 2 aromatic heterocycles. The van der Waals surface area contributed by atoms with Crippen molar-refractivity contribution in [1.82, 2.24) is 19.8 Å². The Labute approximate surface area is 113 Å². The molecule has 0 aliphatic rings. The lowest BCUT2D eigenvalue weighted by Gasteiger charge is -2.09. The van der Waals surface area contributed by atoms with Crippen LogP contribution in [0.2, 0.25) is 0 Å². The van der Waals surface area contributed by atoms with E-state index in [1.54, 1.807) is 38.5 Å². The number of hydrogen-bond donors (Lipinski definition) is 1. The van der Waals surface area contributed by atoms with Crippen molar-refractivity contribution >= 4 is 5.65 Å². The number of ether oxygens (including phenoxy) is 2. The Kier molecular flexibility index (Phi) is 2.86. The first kappa shape index (κ1) is 12.2. The van der Waals surface area contributed by atoms with Gasteiger partial charge in [-0.25, -0.2) is 9.89 Å². The van der Waals surface area contributed by atoms with Crippen LogP contribution in [0.5, 0.6) is 11.5 Å². The Balaban J connectivity index is 2.14. The minimum absolute atomic E-state index is 0.373. The molecule has 0 aliphatic heterocycles. The molecule has 0 spiro atoms. The van der Waals surface area contributed by atoms with Crippen molar-refractivity contribution in [3.8, 4) is 22.8 Å². The standard InChI is InChI=1S/C13H12N4O3/c1-19-10-5-3-8(7-11(10)20-2)9-4-6-12-14-15-13(18)17(12)16-9/h3-7H,1-2H3,(H,15,18). The van der Waals surface area contributed by atoms with Crippen molar-refractivity contribution in [2.75, 3.05) is 14.2 Å². The molecule has 0 radical (unpaired) electrons. The van der Waals surface area contributed by atoms with Gasteiger partial charge in [0.05, 0.1) is 19.9 Å². The maximum Gasteiger partial charge on any atom is 0.364 e. The number of aromatic amines is 1. The van der Waals surface area contributed by atoms with E-state index in [1.165, 1.54) is 4.52 Å². The zero-order chi connectivity index (χ0) is 14.1. The predicted octanol–water partition coefficient (Wildman–Crippen LogP) is 1.10. The van der Waals surface area contributed by atoms with Gasteiger partial charge in [0.2, 0.25) is 0 Å². The fourth-order valence-corrected chi connectivity index (χ4v) is 1.95. The third-order valence-electron chi connectivity index (χ3n) is 2.95. The van der Waals surface area contributed by atoms with Gasteiger partial charge >= 0.3 is 5.69 Å². The number of hydrogen-bond acceptors (Lipinski definition) is 5. The summed E-state index contributed by atoms with van der Waals surface area (Å²) < 4.78 is 11.7. The van der Waals surface area contributed by atoms with E-state index in [2.05, 4.69) is 15.3 Å². The Morgan fingerprint density at radius 1 is 1.10 bits per heavy atom. The van der Waals surface area contributed by atoms with Crippen LogP contribution < -0.4 is 15.2 Å². The van der Waals surface area contributed by atoms with E-state index in [4.69, 9.17) is 9.47 Å². The number of methoxy groups -OCH3 is 2. The second-order valence-corrected chi connectivity index (χ2v) is 4.09. The molecule has 3 rings (SSSR count). The van der Waals surface area contributed by atoms with Gasteiger partial charge in [0.15, 0.2) is 17.1 Å². The van der Waals surface area contributed by atoms with Gasteiger partial charge in [-0.1, -0.05) is 0 Å². The van der Waals surface area contributed by atoms with E-state index in [0.717, 1.165) is 5.56 Å². The fraction of sp³-hybridized carbons (Fsp3) is 0.154. The summed E-state index contributed by atoms with van der Waals surface area (Å²) in [4.78, 5) is 11.5. The maximum absolute atomic E-state index is 11.5. The van der Waals surface area contributed by atoms with Gasteiger partial charge in [-0.05, 0) is 30.3 Å². The van der Waals surface area contributed by atoms with Crippen LogP contribution in [0.1, 0.15) is 0 Å². The third-order valence-corrected chi connectivity index (χ3v) is 2.95. The smallest absolute Gasteiger partial charge is 0.364 e. The monoisotopic (exact) mass is 272 g/mol. The van der Waals surface area contributed by atoms with Gasteiger partial charge in [0, 0.05) is 5.56 Å². The Hall–Kier alpha value is -2.83. The normalized spacial score (nSPS) is 10.7. The summed E-state index contributed by atoms with van der Waals surface area (Å²) in [7, 11) is 3.14. The second kappa shape index (κ2) is 4.69. The van der Waals surface area contributed by atoms with Crippen LogP contribution in [0.4, 0.5) is 0 Å². The summed E-state index contributed by atoms with van der Waals surface area (Å²) in [6.07, 6.45) is 0. The SMILES string of the molecule is COc1ccc(-c2ccc3n[nH]c(=O)n3n2)cc1OC. The van der Waals surface area contributed by atoms with Gasteiger partial charge < -0.3 is 9.47 Å². The molecule has 0 unspecified atom stereocenters. The first-order valence-electron chi connectivity index (χ1n) is 5.90. The lowest BCUT2D eigenvalue weighted by atomic mass is 10.1. The molecule has 1 N–H and O–H groups in total. The second-order valence-electron chi connectivity index (χ2n) is 4.09.